The van der Waals surface area contributed by atoms with Crippen molar-refractivity contribution in [2.75, 3.05) is 12.9 Å². The first-order valence-corrected chi connectivity index (χ1v) is 7.90. The zero-order chi connectivity index (χ0) is 11.6. The molecule has 16 heavy (non-hydrogen) atoms. The fourth-order valence-electron chi connectivity index (χ4n) is 2.98. The molecule has 94 valence electrons. The van der Waals surface area contributed by atoms with E-state index < -0.39 is 0 Å². The van der Waals surface area contributed by atoms with Crippen molar-refractivity contribution in [3.63, 3.8) is 0 Å². The smallest absolute Gasteiger partial charge is 0.0613 e. The molecule has 2 aliphatic carbocycles. The molecule has 2 fully saturated rings. The van der Waals surface area contributed by atoms with Gasteiger partial charge in [-0.25, -0.2) is 0 Å². The van der Waals surface area contributed by atoms with Gasteiger partial charge in [-0.3, -0.25) is 0 Å². The Morgan fingerprint density at radius 3 is 2.50 bits per heavy atom. The Balaban J connectivity index is 1.94. The van der Waals surface area contributed by atoms with Crippen LogP contribution < -0.4 is 5.32 Å². The predicted octanol–water partition coefficient (Wildman–Crippen LogP) is 2.41. The Labute approximate surface area is 104 Å². The fraction of sp³-hybridized carbons (Fsp3) is 1.00. The SMILES string of the molecule is CSC1CCCCC1NC(C)(CO)C1CC1. The minimum absolute atomic E-state index is 0.0179. The molecule has 0 aromatic heterocycles. The minimum atomic E-state index is -0.0179. The Kier molecular flexibility index (Phi) is 4.20. The van der Waals surface area contributed by atoms with E-state index >= 15 is 0 Å². The van der Waals surface area contributed by atoms with Crippen LogP contribution in [0.15, 0.2) is 0 Å². The third-order valence-corrected chi connectivity index (χ3v) is 5.50. The van der Waals surface area contributed by atoms with Crippen LogP contribution in [0.4, 0.5) is 0 Å². The van der Waals surface area contributed by atoms with E-state index in [0.717, 1.165) is 5.25 Å². The maximum absolute atomic E-state index is 9.62. The van der Waals surface area contributed by atoms with Gasteiger partial charge in [0.25, 0.3) is 0 Å². The van der Waals surface area contributed by atoms with Crippen molar-refractivity contribution in [1.29, 1.82) is 0 Å². The van der Waals surface area contributed by atoms with Crippen LogP contribution in [0.3, 0.4) is 0 Å². The number of aliphatic hydroxyl groups is 1. The summed E-state index contributed by atoms with van der Waals surface area (Å²) in [6.07, 6.45) is 10.2. The molecule has 2 rings (SSSR count). The molecule has 3 atom stereocenters. The standard InChI is InChI=1S/C13H25NOS/c1-13(9-15,10-7-8-10)14-11-5-3-4-6-12(11)16-2/h10-12,14-15H,3-9H2,1-2H3. The molecule has 0 saturated heterocycles. The van der Waals surface area contributed by atoms with Gasteiger partial charge in [-0.05, 0) is 44.8 Å². The van der Waals surface area contributed by atoms with E-state index in [9.17, 15) is 5.11 Å². The van der Waals surface area contributed by atoms with Crippen molar-refractivity contribution >= 4 is 11.8 Å². The average molecular weight is 243 g/mol. The number of thioether (sulfide) groups is 1. The highest BCUT2D eigenvalue weighted by Gasteiger charge is 2.43. The van der Waals surface area contributed by atoms with Crippen LogP contribution in [-0.2, 0) is 0 Å². The van der Waals surface area contributed by atoms with Crippen LogP contribution in [-0.4, -0.2) is 34.8 Å². The molecule has 0 heterocycles. The first-order chi connectivity index (χ1) is 7.69. The second-order valence-corrected chi connectivity index (χ2v) is 6.74. The van der Waals surface area contributed by atoms with E-state index in [4.69, 9.17) is 0 Å². The van der Waals surface area contributed by atoms with E-state index in [1.165, 1.54) is 38.5 Å². The number of aliphatic hydroxyl groups excluding tert-OH is 1. The van der Waals surface area contributed by atoms with Gasteiger partial charge in [-0.15, -0.1) is 0 Å². The Hall–Kier alpha value is 0.270. The van der Waals surface area contributed by atoms with E-state index in [0.29, 0.717) is 12.0 Å². The van der Waals surface area contributed by atoms with Gasteiger partial charge in [0.1, 0.15) is 0 Å². The highest BCUT2D eigenvalue weighted by Crippen LogP contribution is 2.40. The Morgan fingerprint density at radius 1 is 1.25 bits per heavy atom. The summed E-state index contributed by atoms with van der Waals surface area (Å²) in [6.45, 7) is 2.49. The van der Waals surface area contributed by atoms with Crippen LogP contribution >= 0.6 is 11.8 Å². The normalized spacial score (nSPS) is 34.7. The quantitative estimate of drug-likeness (QED) is 0.778. The highest BCUT2D eigenvalue weighted by atomic mass is 32.2. The lowest BCUT2D eigenvalue weighted by Crippen LogP contribution is -2.56. The molecule has 3 heteroatoms. The highest BCUT2D eigenvalue weighted by molar-refractivity contribution is 7.99. The summed E-state index contributed by atoms with van der Waals surface area (Å²) in [6, 6.07) is 0.612. The summed E-state index contributed by atoms with van der Waals surface area (Å²) in [5, 5.41) is 14.1. The molecule has 0 aliphatic heterocycles. The summed E-state index contributed by atoms with van der Waals surface area (Å²) >= 11 is 1.99. The van der Waals surface area contributed by atoms with Crippen molar-refractivity contribution in [3.05, 3.63) is 0 Å². The third-order valence-electron chi connectivity index (χ3n) is 4.33. The molecule has 2 nitrogen and oxygen atoms in total. The molecule has 0 aromatic carbocycles. The molecule has 0 aromatic rings. The van der Waals surface area contributed by atoms with Gasteiger partial charge in [-0.1, -0.05) is 12.8 Å². The zero-order valence-electron chi connectivity index (χ0n) is 10.5. The molecule has 0 radical (unpaired) electrons. The van der Waals surface area contributed by atoms with Crippen molar-refractivity contribution in [2.24, 2.45) is 5.92 Å². The van der Waals surface area contributed by atoms with Gasteiger partial charge in [0.15, 0.2) is 0 Å². The topological polar surface area (TPSA) is 32.3 Å². The summed E-state index contributed by atoms with van der Waals surface area (Å²) in [4.78, 5) is 0. The molecular weight excluding hydrogens is 218 g/mol. The van der Waals surface area contributed by atoms with E-state index in [-0.39, 0.29) is 12.1 Å². The lowest BCUT2D eigenvalue weighted by atomic mass is 9.89. The average Bonchev–Trinajstić information content (AvgIpc) is 3.14. The number of hydrogen-bond donors (Lipinski definition) is 2. The summed E-state index contributed by atoms with van der Waals surface area (Å²) in [5.41, 5.74) is -0.0179. The number of hydrogen-bond acceptors (Lipinski definition) is 3. The zero-order valence-corrected chi connectivity index (χ0v) is 11.4. The van der Waals surface area contributed by atoms with E-state index in [1.807, 2.05) is 11.8 Å². The van der Waals surface area contributed by atoms with E-state index in [1.54, 1.807) is 0 Å². The molecule has 0 bridgehead atoms. The maximum Gasteiger partial charge on any atom is 0.0613 e. The largest absolute Gasteiger partial charge is 0.394 e. The second-order valence-electron chi connectivity index (χ2n) is 5.66. The molecule has 3 unspecified atom stereocenters. The van der Waals surface area contributed by atoms with Gasteiger partial charge >= 0.3 is 0 Å². The van der Waals surface area contributed by atoms with E-state index in [2.05, 4.69) is 18.5 Å². The maximum atomic E-state index is 9.62. The molecule has 2 saturated carbocycles. The molecule has 2 aliphatic rings. The lowest BCUT2D eigenvalue weighted by molar-refractivity contribution is 0.134. The monoisotopic (exact) mass is 243 g/mol. The summed E-state index contributed by atoms with van der Waals surface area (Å²) < 4.78 is 0. The van der Waals surface area contributed by atoms with Crippen molar-refractivity contribution in [1.82, 2.24) is 5.32 Å². The first kappa shape index (κ1) is 12.7. The van der Waals surface area contributed by atoms with Gasteiger partial charge in [-0.2, -0.15) is 11.8 Å². The molecule has 0 amide bonds. The Morgan fingerprint density at radius 2 is 1.94 bits per heavy atom. The molecular formula is C13H25NOS. The summed E-state index contributed by atoms with van der Waals surface area (Å²) in [5.74, 6) is 0.710. The van der Waals surface area contributed by atoms with Gasteiger partial charge in [0.2, 0.25) is 0 Å². The van der Waals surface area contributed by atoms with Crippen LogP contribution in [0, 0.1) is 5.92 Å². The second kappa shape index (κ2) is 5.28. The fourth-order valence-corrected chi connectivity index (χ4v) is 3.92. The number of nitrogens with one attached hydrogen (secondary N) is 1. The van der Waals surface area contributed by atoms with Gasteiger partial charge in [0, 0.05) is 16.8 Å². The van der Waals surface area contributed by atoms with Crippen LogP contribution in [0.5, 0.6) is 0 Å². The van der Waals surface area contributed by atoms with Crippen LogP contribution in [0.1, 0.15) is 45.4 Å². The van der Waals surface area contributed by atoms with Crippen molar-refractivity contribution in [2.45, 2.75) is 62.3 Å². The van der Waals surface area contributed by atoms with Crippen molar-refractivity contribution < 1.29 is 5.11 Å². The third kappa shape index (κ3) is 2.74. The first-order valence-electron chi connectivity index (χ1n) is 6.61. The van der Waals surface area contributed by atoms with Gasteiger partial charge in [0.05, 0.1) is 6.61 Å². The predicted molar refractivity (Wildman–Crippen MR) is 70.9 cm³/mol. The van der Waals surface area contributed by atoms with Crippen molar-refractivity contribution in [3.8, 4) is 0 Å². The number of rotatable bonds is 5. The summed E-state index contributed by atoms with van der Waals surface area (Å²) in [7, 11) is 0. The van der Waals surface area contributed by atoms with Crippen LogP contribution in [0.2, 0.25) is 0 Å². The molecule has 2 N–H and O–H groups in total. The minimum Gasteiger partial charge on any atom is -0.394 e. The lowest BCUT2D eigenvalue weighted by Gasteiger charge is -2.39. The Bertz CT molecular complexity index is 232. The van der Waals surface area contributed by atoms with Crippen LogP contribution in [0.25, 0.3) is 0 Å². The molecule has 0 spiro atoms. The van der Waals surface area contributed by atoms with Gasteiger partial charge < -0.3 is 10.4 Å².